The van der Waals surface area contributed by atoms with Crippen LogP contribution in [0, 0.1) is 0 Å². The maximum atomic E-state index is 8.93. The van der Waals surface area contributed by atoms with Crippen molar-refractivity contribution < 1.29 is 5.11 Å². The summed E-state index contributed by atoms with van der Waals surface area (Å²) in [6.45, 7) is 3.15. The van der Waals surface area contributed by atoms with Crippen molar-refractivity contribution in [2.45, 2.75) is 32.4 Å². The molecule has 1 heterocycles. The molecule has 0 spiro atoms. The second-order valence-electron chi connectivity index (χ2n) is 4.50. The summed E-state index contributed by atoms with van der Waals surface area (Å²) in [5.74, 6) is 0.956. The number of aliphatic hydroxyl groups is 1. The molecule has 1 aromatic heterocycles. The van der Waals surface area contributed by atoms with E-state index < -0.39 is 0 Å². The van der Waals surface area contributed by atoms with Crippen LogP contribution in [-0.4, -0.2) is 41.4 Å². The lowest BCUT2D eigenvalue weighted by atomic mass is 10.1. The molecule has 0 aliphatic rings. The second-order valence-corrected chi connectivity index (χ2v) is 4.50. The highest BCUT2D eigenvalue weighted by Gasteiger charge is 2.10. The van der Waals surface area contributed by atoms with Gasteiger partial charge in [0.1, 0.15) is 0 Å². The zero-order chi connectivity index (χ0) is 12.8. The van der Waals surface area contributed by atoms with Gasteiger partial charge in [-0.2, -0.15) is 0 Å². The zero-order valence-corrected chi connectivity index (χ0v) is 11.3. The molecule has 1 unspecified atom stereocenters. The molecule has 0 aromatic carbocycles. The van der Waals surface area contributed by atoms with Gasteiger partial charge in [0.15, 0.2) is 0 Å². The summed E-state index contributed by atoms with van der Waals surface area (Å²) >= 11 is 0. The molecule has 0 fully saturated rings. The molecular weight excluding hydrogens is 216 g/mol. The largest absolute Gasteiger partial charge is 0.396 e. The highest BCUT2D eigenvalue weighted by molar-refractivity contribution is 5.30. The zero-order valence-electron chi connectivity index (χ0n) is 11.3. The van der Waals surface area contributed by atoms with Crippen molar-refractivity contribution in [3.05, 3.63) is 11.9 Å². The highest BCUT2D eigenvalue weighted by atomic mass is 16.3. The predicted octanol–water partition coefficient (Wildman–Crippen LogP) is 0.737. The maximum absolute atomic E-state index is 8.93. The number of hydrogen-bond donors (Lipinski definition) is 2. The molecule has 2 N–H and O–H groups in total. The van der Waals surface area contributed by atoms with E-state index in [9.17, 15) is 0 Å². The Balaban J connectivity index is 2.57. The van der Waals surface area contributed by atoms with Crippen molar-refractivity contribution in [2.75, 3.05) is 25.6 Å². The number of nitrogens with one attached hydrogen (secondary N) is 1. The molecule has 98 valence electrons. The first-order chi connectivity index (χ1) is 8.10. The Bertz CT molecular complexity index is 335. The van der Waals surface area contributed by atoms with Gasteiger partial charge < -0.3 is 19.9 Å². The van der Waals surface area contributed by atoms with Crippen LogP contribution in [0.15, 0.2) is 6.20 Å². The van der Waals surface area contributed by atoms with E-state index in [-0.39, 0.29) is 6.61 Å². The predicted molar refractivity (Wildman–Crippen MR) is 70.2 cm³/mol. The second kappa shape index (κ2) is 6.61. The molecule has 0 saturated carbocycles. The van der Waals surface area contributed by atoms with Gasteiger partial charge in [-0.25, -0.2) is 4.98 Å². The van der Waals surface area contributed by atoms with Crippen LogP contribution in [0.4, 0.5) is 5.95 Å². The quantitative estimate of drug-likeness (QED) is 0.738. The molecular formula is C12H24N4O. The standard InChI is InChI=1S/C12H24N4O/c1-5-10(6-7-17)13-8-11-9-14-12(15(2)3)16(11)4/h9-10,13,17H,5-8H2,1-4H3. The molecule has 0 saturated heterocycles. The third kappa shape index (κ3) is 3.71. The Morgan fingerprint density at radius 1 is 1.53 bits per heavy atom. The van der Waals surface area contributed by atoms with Gasteiger partial charge in [0.25, 0.3) is 0 Å². The highest BCUT2D eigenvalue weighted by Crippen LogP contribution is 2.11. The fraction of sp³-hybridized carbons (Fsp3) is 0.750. The maximum Gasteiger partial charge on any atom is 0.204 e. The normalized spacial score (nSPS) is 12.8. The van der Waals surface area contributed by atoms with Crippen LogP contribution in [-0.2, 0) is 13.6 Å². The third-order valence-corrected chi connectivity index (χ3v) is 3.00. The molecule has 0 amide bonds. The number of aliphatic hydroxyl groups excluding tert-OH is 1. The first-order valence-electron chi connectivity index (χ1n) is 6.12. The Morgan fingerprint density at radius 3 is 2.71 bits per heavy atom. The molecule has 0 bridgehead atoms. The van der Waals surface area contributed by atoms with Gasteiger partial charge in [-0.1, -0.05) is 6.92 Å². The van der Waals surface area contributed by atoms with Crippen molar-refractivity contribution >= 4 is 5.95 Å². The lowest BCUT2D eigenvalue weighted by Gasteiger charge is -2.17. The van der Waals surface area contributed by atoms with Crippen molar-refractivity contribution in [1.82, 2.24) is 14.9 Å². The summed E-state index contributed by atoms with van der Waals surface area (Å²) < 4.78 is 2.08. The smallest absolute Gasteiger partial charge is 0.204 e. The van der Waals surface area contributed by atoms with Gasteiger partial charge in [0, 0.05) is 40.3 Å². The lowest BCUT2D eigenvalue weighted by Crippen LogP contribution is -2.29. The number of hydrogen-bond acceptors (Lipinski definition) is 4. The summed E-state index contributed by atoms with van der Waals surface area (Å²) in [6, 6.07) is 0.373. The topological polar surface area (TPSA) is 53.3 Å². The van der Waals surface area contributed by atoms with Crippen LogP contribution >= 0.6 is 0 Å². The van der Waals surface area contributed by atoms with Crippen LogP contribution < -0.4 is 10.2 Å². The van der Waals surface area contributed by atoms with Gasteiger partial charge in [-0.15, -0.1) is 0 Å². The molecule has 17 heavy (non-hydrogen) atoms. The molecule has 0 aliphatic carbocycles. The van der Waals surface area contributed by atoms with Gasteiger partial charge in [0.2, 0.25) is 5.95 Å². The minimum Gasteiger partial charge on any atom is -0.396 e. The van der Waals surface area contributed by atoms with Crippen molar-refractivity contribution in [2.24, 2.45) is 7.05 Å². The third-order valence-electron chi connectivity index (χ3n) is 3.00. The van der Waals surface area contributed by atoms with Crippen LogP contribution in [0.1, 0.15) is 25.5 Å². The molecule has 0 aliphatic heterocycles. The minimum atomic E-state index is 0.236. The van der Waals surface area contributed by atoms with Crippen molar-refractivity contribution in [1.29, 1.82) is 0 Å². The molecule has 1 rings (SSSR count). The van der Waals surface area contributed by atoms with Crippen LogP contribution in [0.3, 0.4) is 0 Å². The fourth-order valence-electron chi connectivity index (χ4n) is 1.87. The van der Waals surface area contributed by atoms with E-state index in [4.69, 9.17) is 5.11 Å². The SMILES string of the molecule is CCC(CCO)NCc1cnc(N(C)C)n1C. The average Bonchev–Trinajstić information content (AvgIpc) is 2.66. The molecule has 5 heteroatoms. The van der Waals surface area contributed by atoms with Crippen LogP contribution in [0.25, 0.3) is 0 Å². The van der Waals surface area contributed by atoms with E-state index in [2.05, 4.69) is 21.8 Å². The van der Waals surface area contributed by atoms with E-state index >= 15 is 0 Å². The van der Waals surface area contributed by atoms with Gasteiger partial charge in [0.05, 0.1) is 11.9 Å². The van der Waals surface area contributed by atoms with Crippen molar-refractivity contribution in [3.8, 4) is 0 Å². The monoisotopic (exact) mass is 240 g/mol. The Kier molecular flexibility index (Phi) is 5.44. The lowest BCUT2D eigenvalue weighted by molar-refractivity contribution is 0.261. The number of rotatable bonds is 7. The van der Waals surface area contributed by atoms with E-state index in [1.165, 1.54) is 0 Å². The number of anilines is 1. The number of imidazole rings is 1. The summed E-state index contributed by atoms with van der Waals surface area (Å²) in [6.07, 6.45) is 3.72. The average molecular weight is 240 g/mol. The van der Waals surface area contributed by atoms with Gasteiger partial charge in [-0.05, 0) is 12.8 Å². The minimum absolute atomic E-state index is 0.236. The van der Waals surface area contributed by atoms with Crippen LogP contribution in [0.2, 0.25) is 0 Å². The van der Waals surface area contributed by atoms with Crippen molar-refractivity contribution in [3.63, 3.8) is 0 Å². The molecule has 5 nitrogen and oxygen atoms in total. The van der Waals surface area contributed by atoms with Gasteiger partial charge in [-0.3, -0.25) is 0 Å². The Morgan fingerprint density at radius 2 is 2.24 bits per heavy atom. The Labute approximate surface area is 103 Å². The van der Waals surface area contributed by atoms with Gasteiger partial charge >= 0.3 is 0 Å². The summed E-state index contributed by atoms with van der Waals surface area (Å²) in [4.78, 5) is 6.36. The number of aromatic nitrogens is 2. The summed E-state index contributed by atoms with van der Waals surface area (Å²) in [5, 5.41) is 12.4. The fourth-order valence-corrected chi connectivity index (χ4v) is 1.87. The van der Waals surface area contributed by atoms with E-state index in [0.717, 1.165) is 31.0 Å². The first kappa shape index (κ1) is 14.0. The molecule has 0 radical (unpaired) electrons. The Hall–Kier alpha value is -1.07. The molecule has 1 aromatic rings. The summed E-state index contributed by atoms with van der Waals surface area (Å²) in [7, 11) is 5.99. The van der Waals surface area contributed by atoms with E-state index in [1.807, 2.05) is 32.2 Å². The van der Waals surface area contributed by atoms with E-state index in [0.29, 0.717) is 6.04 Å². The molecule has 1 atom stereocenters. The first-order valence-corrected chi connectivity index (χ1v) is 6.12. The summed E-state index contributed by atoms with van der Waals surface area (Å²) in [5.41, 5.74) is 1.16. The number of nitrogens with zero attached hydrogens (tertiary/aromatic N) is 3. The van der Waals surface area contributed by atoms with Crippen LogP contribution in [0.5, 0.6) is 0 Å². The van der Waals surface area contributed by atoms with E-state index in [1.54, 1.807) is 0 Å².